The summed E-state index contributed by atoms with van der Waals surface area (Å²) in [6.45, 7) is 10.4. The summed E-state index contributed by atoms with van der Waals surface area (Å²) in [4.78, 5) is 6.73. The molecule has 0 unspecified atom stereocenters. The van der Waals surface area contributed by atoms with Crippen molar-refractivity contribution in [1.29, 1.82) is 0 Å². The Kier molecular flexibility index (Phi) is 5.80. The van der Waals surface area contributed by atoms with Gasteiger partial charge in [0.05, 0.1) is 12.7 Å². The summed E-state index contributed by atoms with van der Waals surface area (Å²) in [5, 5.41) is 3.62. The smallest absolute Gasteiger partial charge is 0.0596 e. The fourth-order valence-corrected chi connectivity index (χ4v) is 2.59. The van der Waals surface area contributed by atoms with E-state index in [0.29, 0.717) is 12.1 Å². The molecule has 2 heterocycles. The summed E-state index contributed by atoms with van der Waals surface area (Å²) in [7, 11) is 0. The van der Waals surface area contributed by atoms with E-state index < -0.39 is 0 Å². The normalized spacial score (nSPS) is 17.6. The fraction of sp³-hybridized carbons (Fsp3) is 0.688. The molecule has 0 radical (unpaired) electrons. The molecule has 0 bridgehead atoms. The number of ether oxygens (including phenoxy) is 1. The van der Waals surface area contributed by atoms with Crippen LogP contribution < -0.4 is 5.32 Å². The molecule has 112 valence electrons. The van der Waals surface area contributed by atoms with Crippen molar-refractivity contribution < 1.29 is 4.74 Å². The summed E-state index contributed by atoms with van der Waals surface area (Å²) in [6, 6.07) is 4.75. The van der Waals surface area contributed by atoms with Crippen LogP contribution in [0.2, 0.25) is 0 Å². The molecule has 0 aliphatic carbocycles. The highest BCUT2D eigenvalue weighted by molar-refractivity contribution is 5.43. The molecule has 0 spiro atoms. The first-order valence-electron chi connectivity index (χ1n) is 7.66. The lowest BCUT2D eigenvalue weighted by Crippen LogP contribution is -2.40. The van der Waals surface area contributed by atoms with E-state index in [9.17, 15) is 0 Å². The Bertz CT molecular complexity index is 400. The van der Waals surface area contributed by atoms with Gasteiger partial charge in [-0.05, 0) is 45.7 Å². The van der Waals surface area contributed by atoms with Crippen LogP contribution in [0.1, 0.15) is 32.4 Å². The molecule has 0 atom stereocenters. The van der Waals surface area contributed by atoms with Crippen molar-refractivity contribution in [3.05, 3.63) is 24.0 Å². The van der Waals surface area contributed by atoms with E-state index in [-0.39, 0.29) is 0 Å². The van der Waals surface area contributed by atoms with E-state index in [1.54, 1.807) is 0 Å². The van der Waals surface area contributed by atoms with Gasteiger partial charge >= 0.3 is 0 Å². The predicted octanol–water partition coefficient (Wildman–Crippen LogP) is 2.69. The molecular formula is C16H27N3O. The van der Waals surface area contributed by atoms with Crippen LogP contribution in [0.5, 0.6) is 0 Å². The van der Waals surface area contributed by atoms with Crippen molar-refractivity contribution in [2.45, 2.75) is 45.8 Å². The highest BCUT2D eigenvalue weighted by atomic mass is 16.5. The molecule has 20 heavy (non-hydrogen) atoms. The molecule has 1 fully saturated rings. The highest BCUT2D eigenvalue weighted by Gasteiger charge is 2.18. The zero-order valence-electron chi connectivity index (χ0n) is 12.9. The van der Waals surface area contributed by atoms with Crippen LogP contribution in [-0.4, -0.2) is 48.3 Å². The number of nitrogens with zero attached hydrogens (tertiary/aromatic N) is 2. The van der Waals surface area contributed by atoms with E-state index >= 15 is 0 Å². The van der Waals surface area contributed by atoms with Crippen LogP contribution in [0, 0.1) is 6.92 Å². The van der Waals surface area contributed by atoms with E-state index in [1.165, 1.54) is 18.5 Å². The minimum Gasteiger partial charge on any atom is -0.382 e. The number of piperidine rings is 1. The van der Waals surface area contributed by atoms with Crippen molar-refractivity contribution in [1.82, 2.24) is 9.88 Å². The molecule has 1 aliphatic heterocycles. The molecule has 0 aromatic carbocycles. The van der Waals surface area contributed by atoms with Crippen LogP contribution in [0.4, 0.5) is 5.69 Å². The lowest BCUT2D eigenvalue weighted by molar-refractivity contribution is 0.0543. The van der Waals surface area contributed by atoms with Crippen LogP contribution >= 0.6 is 0 Å². The number of pyridine rings is 1. The summed E-state index contributed by atoms with van der Waals surface area (Å²) in [5.74, 6) is 0. The number of hydrogen-bond acceptors (Lipinski definition) is 4. The third-order valence-electron chi connectivity index (χ3n) is 3.71. The average Bonchev–Trinajstić information content (AvgIpc) is 2.40. The van der Waals surface area contributed by atoms with Gasteiger partial charge in [-0.15, -0.1) is 0 Å². The third kappa shape index (κ3) is 5.10. The van der Waals surface area contributed by atoms with Gasteiger partial charge in [0.1, 0.15) is 0 Å². The Labute approximate surface area is 122 Å². The summed E-state index contributed by atoms with van der Waals surface area (Å²) >= 11 is 0. The quantitative estimate of drug-likeness (QED) is 0.867. The first-order valence-corrected chi connectivity index (χ1v) is 7.66. The standard InChI is InChI=1S/C16H27N3O/c1-13(2)20-11-10-19-8-5-15(6-9-19)18-16-4-7-17-14(3)12-16/h4,7,12-13,15H,5-6,8-11H2,1-3H3,(H,17,18). The number of aryl methyl sites for hydroxylation is 1. The molecule has 4 heteroatoms. The van der Waals surface area contributed by atoms with Crippen molar-refractivity contribution in [2.24, 2.45) is 0 Å². The first-order chi connectivity index (χ1) is 9.63. The number of nitrogens with one attached hydrogen (secondary N) is 1. The molecule has 1 aliphatic rings. The maximum absolute atomic E-state index is 5.62. The van der Waals surface area contributed by atoms with Gasteiger partial charge in [0.2, 0.25) is 0 Å². The van der Waals surface area contributed by atoms with Gasteiger partial charge in [-0.25, -0.2) is 0 Å². The van der Waals surface area contributed by atoms with Gasteiger partial charge < -0.3 is 15.0 Å². The number of hydrogen-bond donors (Lipinski definition) is 1. The minimum atomic E-state index is 0.337. The predicted molar refractivity (Wildman–Crippen MR) is 83.1 cm³/mol. The fourth-order valence-electron chi connectivity index (χ4n) is 2.59. The topological polar surface area (TPSA) is 37.4 Å². The van der Waals surface area contributed by atoms with Crippen LogP contribution in [-0.2, 0) is 4.74 Å². The van der Waals surface area contributed by atoms with Gasteiger partial charge in [0.25, 0.3) is 0 Å². The summed E-state index contributed by atoms with van der Waals surface area (Å²) in [6.07, 6.45) is 4.60. The summed E-state index contributed by atoms with van der Waals surface area (Å²) in [5.41, 5.74) is 2.26. The second-order valence-corrected chi connectivity index (χ2v) is 5.87. The molecule has 1 aromatic heterocycles. The van der Waals surface area contributed by atoms with Gasteiger partial charge in [-0.1, -0.05) is 0 Å². The Hall–Kier alpha value is -1.13. The largest absolute Gasteiger partial charge is 0.382 e. The van der Waals surface area contributed by atoms with E-state index in [0.717, 1.165) is 31.9 Å². The molecule has 0 amide bonds. The lowest BCUT2D eigenvalue weighted by Gasteiger charge is -2.32. The Balaban J connectivity index is 1.69. The van der Waals surface area contributed by atoms with Gasteiger partial charge in [-0.2, -0.15) is 0 Å². The van der Waals surface area contributed by atoms with Crippen LogP contribution in [0.25, 0.3) is 0 Å². The van der Waals surface area contributed by atoms with E-state index in [1.807, 2.05) is 13.1 Å². The molecule has 2 rings (SSSR count). The second-order valence-electron chi connectivity index (χ2n) is 5.87. The Morgan fingerprint density at radius 3 is 2.80 bits per heavy atom. The Morgan fingerprint density at radius 2 is 2.15 bits per heavy atom. The molecule has 1 N–H and O–H groups in total. The van der Waals surface area contributed by atoms with E-state index in [4.69, 9.17) is 4.74 Å². The first kappa shape index (κ1) is 15.3. The van der Waals surface area contributed by atoms with Gasteiger partial charge in [0, 0.05) is 43.3 Å². The molecule has 1 aromatic rings. The highest BCUT2D eigenvalue weighted by Crippen LogP contribution is 2.16. The summed E-state index contributed by atoms with van der Waals surface area (Å²) < 4.78 is 5.62. The monoisotopic (exact) mass is 277 g/mol. The third-order valence-corrected chi connectivity index (χ3v) is 3.71. The maximum atomic E-state index is 5.62. The average molecular weight is 277 g/mol. The van der Waals surface area contributed by atoms with Crippen molar-refractivity contribution >= 4 is 5.69 Å². The van der Waals surface area contributed by atoms with E-state index in [2.05, 4.69) is 41.2 Å². The zero-order valence-corrected chi connectivity index (χ0v) is 12.9. The number of anilines is 1. The second kappa shape index (κ2) is 7.60. The number of likely N-dealkylation sites (tertiary alicyclic amines) is 1. The zero-order chi connectivity index (χ0) is 14.4. The number of rotatable bonds is 6. The van der Waals surface area contributed by atoms with Crippen LogP contribution in [0.3, 0.4) is 0 Å². The van der Waals surface area contributed by atoms with Crippen molar-refractivity contribution in [2.75, 3.05) is 31.6 Å². The lowest BCUT2D eigenvalue weighted by atomic mass is 10.0. The maximum Gasteiger partial charge on any atom is 0.0596 e. The van der Waals surface area contributed by atoms with Crippen molar-refractivity contribution in [3.63, 3.8) is 0 Å². The molecule has 1 saturated heterocycles. The van der Waals surface area contributed by atoms with Crippen LogP contribution in [0.15, 0.2) is 18.3 Å². The SMILES string of the molecule is Cc1cc(NC2CCN(CCOC(C)C)CC2)ccn1. The minimum absolute atomic E-state index is 0.337. The molecule has 4 nitrogen and oxygen atoms in total. The molecule has 0 saturated carbocycles. The number of aromatic nitrogens is 1. The van der Waals surface area contributed by atoms with Crippen molar-refractivity contribution in [3.8, 4) is 0 Å². The van der Waals surface area contributed by atoms with Gasteiger partial charge in [0.15, 0.2) is 0 Å². The van der Waals surface area contributed by atoms with Gasteiger partial charge in [-0.3, -0.25) is 4.98 Å². The Morgan fingerprint density at radius 1 is 1.40 bits per heavy atom. The molecular weight excluding hydrogens is 250 g/mol.